The number of nitrogens with zero attached hydrogens (tertiary/aromatic N) is 3. The molecule has 2 N–H and O–H groups in total. The molecule has 2 aromatic heterocycles. The molecule has 4 aromatic rings. The molecule has 0 amide bonds. The number of aromatic hydroxyl groups is 1. The van der Waals surface area contributed by atoms with Crippen molar-refractivity contribution in [2.45, 2.75) is 13.0 Å². The Morgan fingerprint density at radius 2 is 1.73 bits per heavy atom. The number of anilines is 1. The van der Waals surface area contributed by atoms with Gasteiger partial charge in [-0.1, -0.05) is 30.3 Å². The number of phenolic OH excluding ortho intramolecular Hbond substituents is 1. The highest BCUT2D eigenvalue weighted by Gasteiger charge is 2.15. The maximum atomic E-state index is 9.53. The number of fused-ring (bicyclic) bond motifs is 1. The molecule has 130 valence electrons. The smallest absolute Gasteiger partial charge is 0.145 e. The number of phenols is 1. The largest absolute Gasteiger partial charge is 0.508 e. The number of rotatable bonds is 4. The van der Waals surface area contributed by atoms with Gasteiger partial charge in [-0.3, -0.25) is 0 Å². The first-order chi connectivity index (χ1) is 12.6. The second-order valence-corrected chi connectivity index (χ2v) is 6.37. The van der Waals surface area contributed by atoms with Gasteiger partial charge in [0.1, 0.15) is 23.5 Å². The van der Waals surface area contributed by atoms with Crippen LogP contribution in [0.2, 0.25) is 0 Å². The van der Waals surface area contributed by atoms with Gasteiger partial charge in [0.15, 0.2) is 0 Å². The molecule has 0 fully saturated rings. The van der Waals surface area contributed by atoms with Crippen LogP contribution < -0.4 is 5.32 Å². The summed E-state index contributed by atoms with van der Waals surface area (Å²) in [6.07, 6.45) is 1.59. The van der Waals surface area contributed by atoms with E-state index in [1.807, 2.05) is 41.9 Å². The standard InChI is InChI=1S/C21H20N4O/c1-14(15-6-4-3-5-7-15)24-20-18-12-19(16-8-10-17(26)11-9-16)25(2)21(18)23-13-22-20/h3-14,26H,1-2H3,(H,22,23,24). The van der Waals surface area contributed by atoms with Gasteiger partial charge in [-0.15, -0.1) is 0 Å². The van der Waals surface area contributed by atoms with Crippen molar-refractivity contribution >= 4 is 16.9 Å². The van der Waals surface area contributed by atoms with Gasteiger partial charge in [0.05, 0.1) is 11.1 Å². The lowest BCUT2D eigenvalue weighted by Gasteiger charge is -2.15. The second-order valence-electron chi connectivity index (χ2n) is 6.37. The molecule has 5 heteroatoms. The Morgan fingerprint density at radius 1 is 1.00 bits per heavy atom. The Labute approximate surface area is 152 Å². The molecular weight excluding hydrogens is 324 g/mol. The van der Waals surface area contributed by atoms with Crippen LogP contribution in [0, 0.1) is 0 Å². The number of nitrogens with one attached hydrogen (secondary N) is 1. The summed E-state index contributed by atoms with van der Waals surface area (Å²) >= 11 is 0. The summed E-state index contributed by atoms with van der Waals surface area (Å²) < 4.78 is 2.04. The Morgan fingerprint density at radius 3 is 2.46 bits per heavy atom. The zero-order valence-electron chi connectivity index (χ0n) is 14.7. The summed E-state index contributed by atoms with van der Waals surface area (Å²) in [5.74, 6) is 1.07. The van der Waals surface area contributed by atoms with Gasteiger partial charge in [-0.05, 0) is 48.4 Å². The van der Waals surface area contributed by atoms with E-state index >= 15 is 0 Å². The molecule has 4 rings (SSSR count). The molecule has 0 aliphatic carbocycles. The predicted molar refractivity (Wildman–Crippen MR) is 104 cm³/mol. The summed E-state index contributed by atoms with van der Waals surface area (Å²) in [4.78, 5) is 8.91. The van der Waals surface area contributed by atoms with Gasteiger partial charge < -0.3 is 15.0 Å². The van der Waals surface area contributed by atoms with E-state index < -0.39 is 0 Å². The number of aromatic nitrogens is 3. The van der Waals surface area contributed by atoms with Crippen molar-refractivity contribution in [3.63, 3.8) is 0 Å². The van der Waals surface area contributed by atoms with Crippen molar-refractivity contribution in [3.05, 3.63) is 72.6 Å². The highest BCUT2D eigenvalue weighted by atomic mass is 16.3. The molecular formula is C21H20N4O. The molecule has 0 spiro atoms. The predicted octanol–water partition coefficient (Wildman–Crippen LogP) is 4.51. The van der Waals surface area contributed by atoms with Crippen molar-refractivity contribution < 1.29 is 5.11 Å². The summed E-state index contributed by atoms with van der Waals surface area (Å²) in [6, 6.07) is 19.7. The zero-order chi connectivity index (χ0) is 18.1. The van der Waals surface area contributed by atoms with Crippen LogP contribution >= 0.6 is 0 Å². The van der Waals surface area contributed by atoms with Crippen LogP contribution in [0.4, 0.5) is 5.82 Å². The van der Waals surface area contributed by atoms with Crippen LogP contribution in [0.1, 0.15) is 18.5 Å². The quantitative estimate of drug-likeness (QED) is 0.571. The fourth-order valence-corrected chi connectivity index (χ4v) is 3.19. The van der Waals surface area contributed by atoms with Crippen molar-refractivity contribution in [2.24, 2.45) is 7.05 Å². The number of benzene rings is 2. The summed E-state index contributed by atoms with van der Waals surface area (Å²) in [5.41, 5.74) is 4.11. The first-order valence-electron chi connectivity index (χ1n) is 8.55. The van der Waals surface area contributed by atoms with E-state index in [9.17, 15) is 5.11 Å². The third kappa shape index (κ3) is 2.88. The molecule has 26 heavy (non-hydrogen) atoms. The van der Waals surface area contributed by atoms with Crippen molar-refractivity contribution in [1.29, 1.82) is 0 Å². The summed E-state index contributed by atoms with van der Waals surface area (Å²) in [7, 11) is 1.99. The Balaban J connectivity index is 1.75. The molecule has 0 radical (unpaired) electrons. The normalized spacial score (nSPS) is 12.2. The Kier molecular flexibility index (Phi) is 4.05. The third-order valence-electron chi connectivity index (χ3n) is 4.64. The van der Waals surface area contributed by atoms with Gasteiger partial charge in [0.25, 0.3) is 0 Å². The minimum atomic E-state index is 0.131. The van der Waals surface area contributed by atoms with Crippen LogP contribution in [-0.2, 0) is 7.05 Å². The van der Waals surface area contributed by atoms with Crippen LogP contribution in [0.25, 0.3) is 22.3 Å². The lowest BCUT2D eigenvalue weighted by molar-refractivity contribution is 0.475. The second kappa shape index (κ2) is 6.52. The fraction of sp³-hybridized carbons (Fsp3) is 0.143. The van der Waals surface area contributed by atoms with E-state index in [0.29, 0.717) is 0 Å². The van der Waals surface area contributed by atoms with E-state index in [-0.39, 0.29) is 11.8 Å². The van der Waals surface area contributed by atoms with Crippen molar-refractivity contribution in [2.75, 3.05) is 5.32 Å². The summed E-state index contributed by atoms with van der Waals surface area (Å²) in [5, 5.41) is 14.0. The van der Waals surface area contributed by atoms with E-state index in [1.54, 1.807) is 18.5 Å². The molecule has 0 bridgehead atoms. The first-order valence-corrected chi connectivity index (χ1v) is 8.55. The van der Waals surface area contributed by atoms with Gasteiger partial charge in [0.2, 0.25) is 0 Å². The first kappa shape index (κ1) is 16.1. The van der Waals surface area contributed by atoms with Crippen LogP contribution in [0.15, 0.2) is 67.0 Å². The molecule has 1 unspecified atom stereocenters. The summed E-state index contributed by atoms with van der Waals surface area (Å²) in [6.45, 7) is 2.12. The SMILES string of the molecule is CC(Nc1ncnc2c1cc(-c1ccc(O)cc1)n2C)c1ccccc1. The van der Waals surface area contributed by atoms with Gasteiger partial charge in [0, 0.05) is 13.1 Å². The lowest BCUT2D eigenvalue weighted by Crippen LogP contribution is -2.08. The average Bonchev–Trinajstić information content (AvgIpc) is 3.01. The minimum Gasteiger partial charge on any atom is -0.508 e. The molecule has 1 atom stereocenters. The number of hydrogen-bond acceptors (Lipinski definition) is 4. The molecule has 2 aromatic carbocycles. The van der Waals surface area contributed by atoms with Crippen LogP contribution in [0.5, 0.6) is 5.75 Å². The van der Waals surface area contributed by atoms with Gasteiger partial charge in [-0.25, -0.2) is 9.97 Å². The van der Waals surface area contributed by atoms with E-state index in [4.69, 9.17) is 0 Å². The molecule has 0 aliphatic rings. The van der Waals surface area contributed by atoms with Crippen molar-refractivity contribution in [3.8, 4) is 17.0 Å². The highest BCUT2D eigenvalue weighted by Crippen LogP contribution is 2.31. The maximum absolute atomic E-state index is 9.53. The molecule has 5 nitrogen and oxygen atoms in total. The zero-order valence-corrected chi connectivity index (χ0v) is 14.7. The molecule has 0 aliphatic heterocycles. The molecule has 0 saturated carbocycles. The van der Waals surface area contributed by atoms with E-state index in [1.165, 1.54) is 5.56 Å². The van der Waals surface area contributed by atoms with Crippen LogP contribution in [0.3, 0.4) is 0 Å². The highest BCUT2D eigenvalue weighted by molar-refractivity contribution is 5.92. The Hall–Kier alpha value is -3.34. The molecule has 2 heterocycles. The van der Waals surface area contributed by atoms with Gasteiger partial charge >= 0.3 is 0 Å². The topological polar surface area (TPSA) is 63.0 Å². The Bertz CT molecular complexity index is 1040. The van der Waals surface area contributed by atoms with Crippen LogP contribution in [-0.4, -0.2) is 19.6 Å². The van der Waals surface area contributed by atoms with Crippen molar-refractivity contribution in [1.82, 2.24) is 14.5 Å². The maximum Gasteiger partial charge on any atom is 0.145 e. The third-order valence-corrected chi connectivity index (χ3v) is 4.64. The van der Waals surface area contributed by atoms with Gasteiger partial charge in [-0.2, -0.15) is 0 Å². The van der Waals surface area contributed by atoms with E-state index in [2.05, 4.69) is 40.4 Å². The average molecular weight is 344 g/mol. The monoisotopic (exact) mass is 344 g/mol. The molecule has 0 saturated heterocycles. The number of aryl methyl sites for hydroxylation is 1. The number of hydrogen-bond donors (Lipinski definition) is 2. The fourth-order valence-electron chi connectivity index (χ4n) is 3.19. The minimum absolute atomic E-state index is 0.131. The van der Waals surface area contributed by atoms with E-state index in [0.717, 1.165) is 28.1 Å². The lowest BCUT2D eigenvalue weighted by atomic mass is 10.1.